The summed E-state index contributed by atoms with van der Waals surface area (Å²) in [4.78, 5) is 110. The maximum absolute atomic E-state index is 14.7. The molecule has 7 amide bonds. The third-order valence-corrected chi connectivity index (χ3v) is 19.1. The van der Waals surface area contributed by atoms with Gasteiger partial charge in [-0.2, -0.15) is 0 Å². The number of phenolic OH excluding ortho intramolecular Hbond substituents is 1. The SMILES string of the molecule is C[C@H](O)[C@@H]1NC(=O)[C@@H](NC(=O)c2ccc(N3CCN(c4ccc(N5CCC6(CCCC6)CC5)cc4)CC3)cc2)C[C@H](O)CNC(=O)[C@@H]2[C@@H](O)[C@H](C)CN2C(=O)[C@H]([C@H](O)CCN)NC(=O)[C@H]([C@H](O)Cc2ccc(O)c(OSOOO)c2)NC(=O)[C@@H]2C[C@H](O)CN2C1=O. The van der Waals surface area contributed by atoms with Gasteiger partial charge in [0.15, 0.2) is 11.5 Å². The quantitative estimate of drug-likeness (QED) is 0.0337. The van der Waals surface area contributed by atoms with E-state index in [0.29, 0.717) is 18.5 Å². The van der Waals surface area contributed by atoms with E-state index in [2.05, 4.69) is 74.9 Å². The molecule has 3 aromatic rings. The number of nitrogens with zero attached hydrogens (tertiary/aromatic N) is 5. The molecular weight excluding hydrogens is 1210 g/mol. The summed E-state index contributed by atoms with van der Waals surface area (Å²) in [6.45, 7) is 6.01. The number of rotatable bonds is 16. The third-order valence-electron chi connectivity index (χ3n) is 18.7. The number of phenols is 1. The van der Waals surface area contributed by atoms with Gasteiger partial charge in [0, 0.05) is 107 Å². The Kier molecular flexibility index (Phi) is 22.9. The Bertz CT molecular complexity index is 3020. The van der Waals surface area contributed by atoms with Crippen LogP contribution in [0.3, 0.4) is 0 Å². The molecule has 29 nitrogen and oxygen atoms in total. The van der Waals surface area contributed by atoms with Crippen LogP contribution in [0.5, 0.6) is 11.5 Å². The van der Waals surface area contributed by atoms with Gasteiger partial charge in [0.2, 0.25) is 35.4 Å². The highest BCUT2D eigenvalue weighted by Gasteiger charge is 2.50. The Hall–Kier alpha value is -7.10. The lowest BCUT2D eigenvalue weighted by Gasteiger charge is -2.41. The highest BCUT2D eigenvalue weighted by Crippen LogP contribution is 2.47. The molecule has 0 unspecified atom stereocenters. The molecule has 6 fully saturated rings. The smallest absolute Gasteiger partial charge is 0.261 e. The fraction of sp³-hybridized carbons (Fsp3) is 0.590. The van der Waals surface area contributed by atoms with Crippen LogP contribution < -0.4 is 51.2 Å². The Labute approximate surface area is 530 Å². The van der Waals surface area contributed by atoms with Gasteiger partial charge in [0.1, 0.15) is 36.3 Å². The van der Waals surface area contributed by atoms with Crippen molar-refractivity contribution in [2.45, 2.75) is 151 Å². The summed E-state index contributed by atoms with van der Waals surface area (Å²) in [6, 6.07) is 8.09. The second kappa shape index (κ2) is 30.6. The van der Waals surface area contributed by atoms with Crippen molar-refractivity contribution in [2.24, 2.45) is 17.1 Å². The molecule has 1 spiro atoms. The molecule has 91 heavy (non-hydrogen) atoms. The Morgan fingerprint density at radius 3 is 1.89 bits per heavy atom. The monoisotopic (exact) mass is 1290 g/mol. The molecule has 15 N–H and O–H groups in total. The molecule has 13 atom stereocenters. The van der Waals surface area contributed by atoms with Crippen LogP contribution in [0, 0.1) is 11.3 Å². The number of nitrogens with one attached hydrogen (secondary N) is 5. The number of fused-ring (bicyclic) bond motifs is 2. The standard InChI is InChI=1S/C61H85N11O18S/c1-34-32-72-52(53(34)79)58(84)63-31-41(74)29-43(64-54(80)37-6-8-38(9-7-37)69-23-25-70(26-24-69)40-12-10-39(11-13-40)68-21-18-61(19-22-68)16-3-4-17-61)55(81)65-49(35(2)73)59(85)71-33-42(75)30-44(71)56(82)66-50(57(83)67-51(60(72)86)46(77)15-20-62)47(78)27-36-5-14-45(76)48(28-36)88-91-90-89-87/h5-14,28,34-35,41-44,46-47,49-53,73-79,87H,3-4,15-27,29-33,62H2,1-2H3,(H,63,84)(H,64,80)(H,65,81)(H,66,82)(H,67,83)/t34-,35+,41+,42+,43+,44+,46-,47-,49+,50+,51+,52+,53+/m1/s1. The Morgan fingerprint density at radius 1 is 0.703 bits per heavy atom. The van der Waals surface area contributed by atoms with E-state index in [-0.39, 0.29) is 48.7 Å². The highest BCUT2D eigenvalue weighted by atomic mass is 32.2. The van der Waals surface area contributed by atoms with Crippen molar-refractivity contribution >= 4 is 70.7 Å². The summed E-state index contributed by atoms with van der Waals surface area (Å²) in [5.74, 6) is -9.10. The van der Waals surface area contributed by atoms with Crippen molar-refractivity contribution in [3.05, 3.63) is 77.9 Å². The fourth-order valence-electron chi connectivity index (χ4n) is 13.5. The van der Waals surface area contributed by atoms with Crippen LogP contribution >= 0.6 is 12.3 Å². The number of hydrogen-bond acceptors (Lipinski definition) is 23. The molecule has 6 aliphatic rings. The zero-order valence-corrected chi connectivity index (χ0v) is 51.7. The molecule has 5 saturated heterocycles. The van der Waals surface area contributed by atoms with E-state index in [1.807, 2.05) is 0 Å². The first-order chi connectivity index (χ1) is 43.6. The van der Waals surface area contributed by atoms with Crippen LogP contribution in [0.2, 0.25) is 0 Å². The van der Waals surface area contributed by atoms with E-state index in [1.54, 1.807) is 24.3 Å². The van der Waals surface area contributed by atoms with Crippen LogP contribution in [0.25, 0.3) is 0 Å². The maximum Gasteiger partial charge on any atom is 0.261 e. The molecule has 9 rings (SSSR count). The highest BCUT2D eigenvalue weighted by molar-refractivity contribution is 7.90. The molecule has 3 aromatic carbocycles. The van der Waals surface area contributed by atoms with Crippen molar-refractivity contribution in [2.75, 3.05) is 80.1 Å². The molecule has 5 heterocycles. The van der Waals surface area contributed by atoms with E-state index in [1.165, 1.54) is 63.3 Å². The number of β-amino-alcohol motifs (C(OH)–C–C–N with tert-alkyl or cyclic N) is 1. The largest absolute Gasteiger partial charge is 0.504 e. The van der Waals surface area contributed by atoms with Gasteiger partial charge in [-0.15, -0.1) is 0 Å². The first kappa shape index (κ1) is 68.3. The van der Waals surface area contributed by atoms with Gasteiger partial charge in [0.05, 0.1) is 36.6 Å². The van der Waals surface area contributed by atoms with Gasteiger partial charge in [-0.05, 0) is 117 Å². The lowest BCUT2D eigenvalue weighted by Crippen LogP contribution is -2.64. The lowest BCUT2D eigenvalue weighted by molar-refractivity contribution is -0.433. The predicted molar refractivity (Wildman–Crippen MR) is 329 cm³/mol. The number of hydrogen-bond donors (Lipinski definition) is 14. The van der Waals surface area contributed by atoms with Gasteiger partial charge in [0.25, 0.3) is 18.2 Å². The first-order valence-corrected chi connectivity index (χ1v) is 31.7. The number of carbonyl (C=O) groups excluding carboxylic acids is 7. The van der Waals surface area contributed by atoms with Crippen molar-refractivity contribution in [3.63, 3.8) is 0 Å². The Morgan fingerprint density at radius 2 is 1.29 bits per heavy atom. The molecule has 1 aliphatic carbocycles. The van der Waals surface area contributed by atoms with E-state index in [9.17, 15) is 69.3 Å². The number of amides is 7. The number of aromatic hydroxyl groups is 1. The average Bonchev–Trinajstić information content (AvgIpc) is 2.06. The average molecular weight is 1290 g/mol. The first-order valence-electron chi connectivity index (χ1n) is 31.0. The van der Waals surface area contributed by atoms with Crippen LogP contribution in [0.4, 0.5) is 17.1 Å². The number of piperazine rings is 1. The zero-order valence-electron chi connectivity index (χ0n) is 50.9. The molecule has 1 saturated carbocycles. The number of anilines is 3. The van der Waals surface area contributed by atoms with E-state index >= 15 is 0 Å². The van der Waals surface area contributed by atoms with Gasteiger partial charge in [-0.1, -0.05) is 35.2 Å². The molecule has 0 radical (unpaired) electrons. The van der Waals surface area contributed by atoms with Crippen LogP contribution in [0.1, 0.15) is 87.6 Å². The van der Waals surface area contributed by atoms with Crippen LogP contribution in [0.15, 0.2) is 66.7 Å². The maximum atomic E-state index is 14.7. The van der Waals surface area contributed by atoms with Crippen molar-refractivity contribution < 1.29 is 88.1 Å². The van der Waals surface area contributed by atoms with Crippen molar-refractivity contribution in [1.82, 2.24) is 36.4 Å². The van der Waals surface area contributed by atoms with Crippen LogP contribution in [-0.4, -0.2) is 230 Å². The minimum atomic E-state index is -2.09. The topological polar surface area (TPSA) is 411 Å². The number of nitrogens with two attached hydrogens (primary N) is 1. The minimum absolute atomic E-state index is 0.0882. The van der Waals surface area contributed by atoms with E-state index in [0.717, 1.165) is 60.3 Å². The van der Waals surface area contributed by atoms with Crippen LogP contribution in [-0.2, 0) is 44.6 Å². The number of aliphatic hydroxyl groups excluding tert-OH is 6. The lowest BCUT2D eigenvalue weighted by atomic mass is 9.77. The summed E-state index contributed by atoms with van der Waals surface area (Å²) < 4.78 is 9.35. The van der Waals surface area contributed by atoms with Gasteiger partial charge >= 0.3 is 0 Å². The summed E-state index contributed by atoms with van der Waals surface area (Å²) >= 11 is 0.0882. The fourth-order valence-corrected chi connectivity index (χ4v) is 13.7. The number of benzene rings is 3. The van der Waals surface area contributed by atoms with Crippen molar-refractivity contribution in [1.29, 1.82) is 0 Å². The van der Waals surface area contributed by atoms with E-state index < -0.39 is 158 Å². The number of aliphatic hydroxyl groups is 6. The number of piperidine rings is 1. The molecule has 0 aromatic heterocycles. The summed E-state index contributed by atoms with van der Waals surface area (Å²) in [7, 11) is 0. The third kappa shape index (κ3) is 16.4. The normalized spacial score (nSPS) is 28.3. The second-order valence-corrected chi connectivity index (χ2v) is 25.3. The molecule has 498 valence electrons. The number of carbonyl (C=O) groups is 7. The molecule has 0 bridgehead atoms. The van der Waals surface area contributed by atoms with Gasteiger partial charge in [-0.3, -0.25) is 33.6 Å². The summed E-state index contributed by atoms with van der Waals surface area (Å²) in [5.41, 5.74) is 9.82. The summed E-state index contributed by atoms with van der Waals surface area (Å²) in [6.07, 6.45) is -4.13. The second-order valence-electron chi connectivity index (χ2n) is 24.9. The van der Waals surface area contributed by atoms with Crippen molar-refractivity contribution in [3.8, 4) is 11.5 Å². The van der Waals surface area contributed by atoms with Gasteiger partial charge in [-0.25, -0.2) is 5.26 Å². The summed E-state index contributed by atoms with van der Waals surface area (Å²) in [5, 5.41) is 103. The zero-order chi connectivity index (χ0) is 65.3. The molecule has 30 heteroatoms. The Balaban J connectivity index is 0.937. The molecule has 5 aliphatic heterocycles. The van der Waals surface area contributed by atoms with E-state index in [4.69, 9.17) is 15.2 Å². The minimum Gasteiger partial charge on any atom is -0.504 e. The van der Waals surface area contributed by atoms with Gasteiger partial charge < -0.3 is 96.7 Å². The predicted octanol–water partition coefficient (Wildman–Crippen LogP) is -1.46. The molecular formula is C61H85N11O18S.